The van der Waals surface area contributed by atoms with Gasteiger partial charge in [-0.05, 0) is 55.9 Å². The molecule has 1 saturated carbocycles. The molecule has 3 rings (SSSR count). The first kappa shape index (κ1) is 20.0. The van der Waals surface area contributed by atoms with Crippen LogP contribution in [0.15, 0.2) is 29.4 Å². The van der Waals surface area contributed by atoms with E-state index in [0.29, 0.717) is 34.4 Å². The molecule has 1 amide bonds. The van der Waals surface area contributed by atoms with Crippen molar-refractivity contribution in [3.8, 4) is 5.75 Å². The number of nitrogens with one attached hydrogen (secondary N) is 1. The van der Waals surface area contributed by atoms with Crippen molar-refractivity contribution < 1.29 is 9.53 Å². The van der Waals surface area contributed by atoms with Gasteiger partial charge < -0.3 is 14.6 Å². The molecule has 1 aliphatic rings. The summed E-state index contributed by atoms with van der Waals surface area (Å²) in [5, 5.41) is 12.8. The number of benzene rings is 1. The minimum absolute atomic E-state index is 0.0570. The Kier molecular flexibility index (Phi) is 7.01. The number of carbonyl (C=O) groups is 1. The van der Waals surface area contributed by atoms with Crippen LogP contribution in [0.5, 0.6) is 5.75 Å². The minimum atomic E-state index is 0.0570. The first-order valence-corrected chi connectivity index (χ1v) is 10.6. The highest BCUT2D eigenvalue weighted by molar-refractivity contribution is 7.99. The van der Waals surface area contributed by atoms with Crippen LogP contribution in [0.4, 0.5) is 0 Å². The van der Waals surface area contributed by atoms with Gasteiger partial charge in [-0.15, -0.1) is 10.2 Å². The first-order valence-electron chi connectivity index (χ1n) is 9.20. The third kappa shape index (κ3) is 5.87. The molecule has 2 aromatic rings. The largest absolute Gasteiger partial charge is 0.486 e. The van der Waals surface area contributed by atoms with Crippen LogP contribution >= 0.6 is 23.4 Å². The van der Waals surface area contributed by atoms with E-state index < -0.39 is 0 Å². The Morgan fingerprint density at radius 2 is 1.96 bits per heavy atom. The lowest BCUT2D eigenvalue weighted by Gasteiger charge is -2.26. The van der Waals surface area contributed by atoms with Gasteiger partial charge in [0.15, 0.2) is 11.0 Å². The predicted molar refractivity (Wildman–Crippen MR) is 107 cm³/mol. The summed E-state index contributed by atoms with van der Waals surface area (Å²) in [6.07, 6.45) is 4.54. The van der Waals surface area contributed by atoms with E-state index in [1.165, 1.54) is 24.6 Å². The van der Waals surface area contributed by atoms with Gasteiger partial charge in [-0.25, -0.2) is 0 Å². The Balaban J connectivity index is 1.45. The van der Waals surface area contributed by atoms with Crippen molar-refractivity contribution in [3.05, 3.63) is 35.1 Å². The predicted octanol–water partition coefficient (Wildman–Crippen LogP) is 3.83. The van der Waals surface area contributed by atoms with Crippen molar-refractivity contribution in [2.24, 2.45) is 13.0 Å². The smallest absolute Gasteiger partial charge is 0.230 e. The lowest BCUT2D eigenvalue weighted by molar-refractivity contribution is -0.119. The van der Waals surface area contributed by atoms with Crippen LogP contribution in [0.2, 0.25) is 5.02 Å². The molecule has 0 spiro atoms. The number of ether oxygens (including phenoxy) is 1. The summed E-state index contributed by atoms with van der Waals surface area (Å²) in [7, 11) is 1.88. The second-order valence-corrected chi connectivity index (χ2v) is 8.39. The van der Waals surface area contributed by atoms with Crippen molar-refractivity contribution in [1.82, 2.24) is 20.1 Å². The Morgan fingerprint density at radius 1 is 1.26 bits per heavy atom. The summed E-state index contributed by atoms with van der Waals surface area (Å²) in [4.78, 5) is 12.2. The summed E-state index contributed by atoms with van der Waals surface area (Å²) in [6.45, 7) is 2.58. The normalized spacial score (nSPS) is 19.7. The van der Waals surface area contributed by atoms with Crippen LogP contribution in [0, 0.1) is 5.92 Å². The molecule has 1 N–H and O–H groups in total. The van der Waals surface area contributed by atoms with Crippen molar-refractivity contribution in [3.63, 3.8) is 0 Å². The summed E-state index contributed by atoms with van der Waals surface area (Å²) < 4.78 is 7.56. The molecule has 146 valence electrons. The fraction of sp³-hybridized carbons (Fsp3) is 0.526. The fourth-order valence-corrected chi connectivity index (χ4v) is 3.95. The summed E-state index contributed by atoms with van der Waals surface area (Å²) >= 11 is 7.26. The number of nitrogens with zero attached hydrogens (tertiary/aromatic N) is 3. The van der Waals surface area contributed by atoms with E-state index in [2.05, 4.69) is 22.4 Å². The zero-order chi connectivity index (χ0) is 19.2. The second-order valence-electron chi connectivity index (χ2n) is 7.01. The van der Waals surface area contributed by atoms with Gasteiger partial charge in [0.25, 0.3) is 0 Å². The van der Waals surface area contributed by atoms with Gasteiger partial charge in [0.1, 0.15) is 12.4 Å². The van der Waals surface area contributed by atoms with Crippen LogP contribution in [0.25, 0.3) is 0 Å². The van der Waals surface area contributed by atoms with Gasteiger partial charge in [-0.2, -0.15) is 0 Å². The Labute approximate surface area is 169 Å². The summed E-state index contributed by atoms with van der Waals surface area (Å²) in [5.74, 6) is 2.60. The van der Waals surface area contributed by atoms with E-state index in [-0.39, 0.29) is 5.91 Å². The maximum absolute atomic E-state index is 12.2. The highest BCUT2D eigenvalue weighted by Crippen LogP contribution is 2.24. The highest BCUT2D eigenvalue weighted by atomic mass is 35.5. The van der Waals surface area contributed by atoms with Crippen LogP contribution in [-0.2, 0) is 18.4 Å². The van der Waals surface area contributed by atoms with E-state index in [1.54, 1.807) is 12.1 Å². The maximum atomic E-state index is 12.2. The summed E-state index contributed by atoms with van der Waals surface area (Å²) in [6, 6.07) is 7.49. The maximum Gasteiger partial charge on any atom is 0.230 e. The molecule has 1 aromatic carbocycles. The van der Waals surface area contributed by atoms with Gasteiger partial charge in [-0.3, -0.25) is 4.79 Å². The van der Waals surface area contributed by atoms with E-state index >= 15 is 0 Å². The standard InChI is InChI=1S/C19H25ClN4O2S/c1-13-3-7-15(8-4-13)21-18(25)12-27-19-23-22-17(24(19)2)11-26-16-9-5-14(20)6-10-16/h5-6,9-10,13,15H,3-4,7-8,11-12H2,1-2H3,(H,21,25). The van der Waals surface area contributed by atoms with Crippen molar-refractivity contribution in [2.45, 2.75) is 50.4 Å². The quantitative estimate of drug-likeness (QED) is 0.705. The molecule has 0 aliphatic heterocycles. The van der Waals surface area contributed by atoms with E-state index in [9.17, 15) is 4.79 Å². The van der Waals surface area contributed by atoms with Crippen LogP contribution in [-0.4, -0.2) is 32.5 Å². The van der Waals surface area contributed by atoms with Crippen molar-refractivity contribution in [2.75, 3.05) is 5.75 Å². The molecule has 1 aromatic heterocycles. The molecule has 0 atom stereocenters. The van der Waals surface area contributed by atoms with Gasteiger partial charge >= 0.3 is 0 Å². The lowest BCUT2D eigenvalue weighted by atomic mass is 9.87. The van der Waals surface area contributed by atoms with Crippen LogP contribution in [0.3, 0.4) is 0 Å². The molecule has 0 bridgehead atoms. The molecule has 0 saturated heterocycles. The van der Waals surface area contributed by atoms with Gasteiger partial charge in [-0.1, -0.05) is 30.3 Å². The van der Waals surface area contributed by atoms with E-state index in [0.717, 1.165) is 24.5 Å². The first-order chi connectivity index (χ1) is 13.0. The third-order valence-electron chi connectivity index (χ3n) is 4.82. The molecular weight excluding hydrogens is 384 g/mol. The third-order valence-corrected chi connectivity index (χ3v) is 6.09. The number of rotatable bonds is 7. The SMILES string of the molecule is CC1CCC(NC(=O)CSc2nnc(COc3ccc(Cl)cc3)n2C)CC1. The van der Waals surface area contributed by atoms with Gasteiger partial charge in [0.2, 0.25) is 5.91 Å². The molecule has 8 heteroatoms. The fourth-order valence-electron chi connectivity index (χ4n) is 3.08. The van der Waals surface area contributed by atoms with Crippen LogP contribution in [0.1, 0.15) is 38.4 Å². The highest BCUT2D eigenvalue weighted by Gasteiger charge is 2.20. The number of amides is 1. The molecule has 1 fully saturated rings. The van der Waals surface area contributed by atoms with Crippen molar-refractivity contribution in [1.29, 1.82) is 0 Å². The minimum Gasteiger partial charge on any atom is -0.486 e. The molecule has 6 nitrogen and oxygen atoms in total. The average molecular weight is 409 g/mol. The monoisotopic (exact) mass is 408 g/mol. The second kappa shape index (κ2) is 9.46. The van der Waals surface area contributed by atoms with E-state index in [4.69, 9.17) is 16.3 Å². The topological polar surface area (TPSA) is 69.0 Å². The Hall–Kier alpha value is -1.73. The zero-order valence-corrected chi connectivity index (χ0v) is 17.2. The molecule has 1 aliphatic carbocycles. The number of halogens is 1. The zero-order valence-electron chi connectivity index (χ0n) is 15.7. The molecule has 27 heavy (non-hydrogen) atoms. The number of thioether (sulfide) groups is 1. The Morgan fingerprint density at radius 3 is 2.67 bits per heavy atom. The van der Waals surface area contributed by atoms with Gasteiger partial charge in [0.05, 0.1) is 5.75 Å². The number of hydrogen-bond donors (Lipinski definition) is 1. The molecular formula is C19H25ClN4O2S. The molecule has 1 heterocycles. The van der Waals surface area contributed by atoms with Crippen LogP contribution < -0.4 is 10.1 Å². The lowest BCUT2D eigenvalue weighted by Crippen LogP contribution is -2.38. The van der Waals surface area contributed by atoms with Gasteiger partial charge in [0, 0.05) is 18.1 Å². The number of carbonyl (C=O) groups excluding carboxylic acids is 1. The summed E-state index contributed by atoms with van der Waals surface area (Å²) in [5.41, 5.74) is 0. The average Bonchev–Trinajstić information content (AvgIpc) is 3.01. The number of hydrogen-bond acceptors (Lipinski definition) is 5. The Bertz CT molecular complexity index is 758. The van der Waals surface area contributed by atoms with E-state index in [1.807, 2.05) is 23.7 Å². The molecule has 0 radical (unpaired) electrons. The number of aromatic nitrogens is 3. The molecule has 0 unspecified atom stereocenters. The van der Waals surface area contributed by atoms with Crippen molar-refractivity contribution >= 4 is 29.3 Å².